The Balaban J connectivity index is 2.58. The minimum absolute atomic E-state index is 0.201. The number of ether oxygens (including phenoxy) is 1. The maximum Gasteiger partial charge on any atom is 0.341 e. The van der Waals surface area contributed by atoms with Gasteiger partial charge in [-0.1, -0.05) is 13.3 Å². The van der Waals surface area contributed by atoms with Crippen LogP contribution in [0.2, 0.25) is 0 Å². The van der Waals surface area contributed by atoms with Crippen LogP contribution in [0, 0.1) is 0 Å². The van der Waals surface area contributed by atoms with E-state index in [-0.39, 0.29) is 17.2 Å². The van der Waals surface area contributed by atoms with Crippen LogP contribution < -0.4 is 16.8 Å². The normalized spacial score (nSPS) is 11.7. The third-order valence-corrected chi connectivity index (χ3v) is 2.78. The standard InChI is InChI=1S/C14H21N3O3/c1-3-4-7-17-13(18)9(2)20-14(19)11-6-5-10(15)8-12(11)16/h5-6,8-9H,3-4,7,15-16H2,1-2H3,(H,17,18). The summed E-state index contributed by atoms with van der Waals surface area (Å²) >= 11 is 0. The molecule has 0 radical (unpaired) electrons. The molecular weight excluding hydrogens is 258 g/mol. The van der Waals surface area contributed by atoms with Gasteiger partial charge in [0.15, 0.2) is 6.10 Å². The second-order valence-corrected chi connectivity index (χ2v) is 4.54. The van der Waals surface area contributed by atoms with E-state index in [1.807, 2.05) is 6.92 Å². The number of nitrogens with one attached hydrogen (secondary N) is 1. The van der Waals surface area contributed by atoms with Gasteiger partial charge in [0.25, 0.3) is 5.91 Å². The van der Waals surface area contributed by atoms with E-state index in [1.54, 1.807) is 6.07 Å². The lowest BCUT2D eigenvalue weighted by molar-refractivity contribution is -0.129. The molecule has 6 heteroatoms. The molecule has 1 aromatic rings. The average molecular weight is 279 g/mol. The van der Waals surface area contributed by atoms with Gasteiger partial charge in [0.05, 0.1) is 5.56 Å². The number of carbonyl (C=O) groups excluding carboxylic acids is 2. The molecule has 0 aliphatic heterocycles. The number of benzene rings is 1. The van der Waals surface area contributed by atoms with Crippen LogP contribution in [0.4, 0.5) is 11.4 Å². The smallest absolute Gasteiger partial charge is 0.341 e. The molecule has 0 spiro atoms. The topological polar surface area (TPSA) is 107 Å². The van der Waals surface area contributed by atoms with Crippen LogP contribution in [0.25, 0.3) is 0 Å². The molecule has 0 saturated carbocycles. The Kier molecular flexibility index (Phi) is 5.83. The fourth-order valence-corrected chi connectivity index (χ4v) is 1.58. The van der Waals surface area contributed by atoms with Crippen molar-refractivity contribution in [2.24, 2.45) is 0 Å². The van der Waals surface area contributed by atoms with Gasteiger partial charge in [-0.3, -0.25) is 4.79 Å². The van der Waals surface area contributed by atoms with Gasteiger partial charge in [-0.25, -0.2) is 4.79 Å². The summed E-state index contributed by atoms with van der Waals surface area (Å²) in [6.07, 6.45) is 1.00. The van der Waals surface area contributed by atoms with E-state index in [4.69, 9.17) is 16.2 Å². The van der Waals surface area contributed by atoms with Crippen molar-refractivity contribution in [2.45, 2.75) is 32.8 Å². The van der Waals surface area contributed by atoms with Gasteiger partial charge in [0, 0.05) is 17.9 Å². The van der Waals surface area contributed by atoms with Gasteiger partial charge in [-0.15, -0.1) is 0 Å². The van der Waals surface area contributed by atoms with Crippen molar-refractivity contribution in [1.82, 2.24) is 5.32 Å². The van der Waals surface area contributed by atoms with Gasteiger partial charge in [-0.2, -0.15) is 0 Å². The monoisotopic (exact) mass is 279 g/mol. The van der Waals surface area contributed by atoms with E-state index >= 15 is 0 Å². The molecule has 1 rings (SSSR count). The molecule has 0 heterocycles. The summed E-state index contributed by atoms with van der Waals surface area (Å²) in [4.78, 5) is 23.6. The van der Waals surface area contributed by atoms with Crippen molar-refractivity contribution in [3.63, 3.8) is 0 Å². The van der Waals surface area contributed by atoms with Crippen LogP contribution in [-0.2, 0) is 9.53 Å². The SMILES string of the molecule is CCCCNC(=O)C(C)OC(=O)c1ccc(N)cc1N. The number of carbonyl (C=O) groups is 2. The first-order valence-corrected chi connectivity index (χ1v) is 6.59. The minimum atomic E-state index is -0.865. The van der Waals surface area contributed by atoms with Gasteiger partial charge in [0.1, 0.15) is 0 Å². The Morgan fingerprint density at radius 1 is 1.35 bits per heavy atom. The maximum atomic E-state index is 11.9. The Bertz CT molecular complexity index is 489. The molecule has 0 aliphatic carbocycles. The molecule has 1 unspecified atom stereocenters. The zero-order chi connectivity index (χ0) is 15.1. The van der Waals surface area contributed by atoms with Gasteiger partial charge >= 0.3 is 5.97 Å². The lowest BCUT2D eigenvalue weighted by atomic mass is 10.1. The molecule has 1 amide bonds. The lowest BCUT2D eigenvalue weighted by Crippen LogP contribution is -2.36. The third kappa shape index (κ3) is 4.46. The lowest BCUT2D eigenvalue weighted by Gasteiger charge is -2.14. The zero-order valence-electron chi connectivity index (χ0n) is 11.8. The molecule has 20 heavy (non-hydrogen) atoms. The average Bonchev–Trinajstić information content (AvgIpc) is 2.38. The number of hydrogen-bond acceptors (Lipinski definition) is 5. The molecule has 0 fully saturated rings. The number of anilines is 2. The first-order valence-electron chi connectivity index (χ1n) is 6.59. The second kappa shape index (κ2) is 7.37. The molecule has 0 aliphatic rings. The summed E-state index contributed by atoms with van der Waals surface area (Å²) < 4.78 is 5.08. The Morgan fingerprint density at radius 3 is 2.65 bits per heavy atom. The predicted octanol–water partition coefficient (Wildman–Crippen LogP) is 1.31. The number of amides is 1. The van der Waals surface area contributed by atoms with Crippen molar-refractivity contribution in [2.75, 3.05) is 18.0 Å². The van der Waals surface area contributed by atoms with Crippen molar-refractivity contribution in [3.05, 3.63) is 23.8 Å². The highest BCUT2D eigenvalue weighted by molar-refractivity contribution is 5.97. The number of rotatable bonds is 6. The van der Waals surface area contributed by atoms with Gasteiger partial charge in [-0.05, 0) is 31.5 Å². The van der Waals surface area contributed by atoms with E-state index in [0.29, 0.717) is 12.2 Å². The molecule has 5 N–H and O–H groups in total. The fourth-order valence-electron chi connectivity index (χ4n) is 1.58. The number of unbranched alkanes of at least 4 members (excludes halogenated alkanes) is 1. The number of nitrogens with two attached hydrogens (primary N) is 2. The van der Waals surface area contributed by atoms with Gasteiger partial charge in [0.2, 0.25) is 0 Å². The van der Waals surface area contributed by atoms with Crippen molar-refractivity contribution < 1.29 is 14.3 Å². The number of esters is 1. The summed E-state index contributed by atoms with van der Waals surface area (Å²) in [5.74, 6) is -0.957. The summed E-state index contributed by atoms with van der Waals surface area (Å²) in [5, 5.41) is 2.70. The summed E-state index contributed by atoms with van der Waals surface area (Å²) in [7, 11) is 0. The number of hydrogen-bond donors (Lipinski definition) is 3. The van der Waals surface area contributed by atoms with E-state index in [1.165, 1.54) is 19.1 Å². The van der Waals surface area contributed by atoms with E-state index in [9.17, 15) is 9.59 Å². The molecule has 0 aromatic heterocycles. The van der Waals surface area contributed by atoms with Crippen LogP contribution in [0.1, 0.15) is 37.0 Å². The molecular formula is C14H21N3O3. The van der Waals surface area contributed by atoms with Crippen LogP contribution >= 0.6 is 0 Å². The van der Waals surface area contributed by atoms with Gasteiger partial charge < -0.3 is 21.5 Å². The highest BCUT2D eigenvalue weighted by Crippen LogP contribution is 2.17. The highest BCUT2D eigenvalue weighted by Gasteiger charge is 2.19. The number of nitrogen functional groups attached to an aromatic ring is 2. The Labute approximate surface area is 118 Å². The highest BCUT2D eigenvalue weighted by atomic mass is 16.5. The Morgan fingerprint density at radius 2 is 2.05 bits per heavy atom. The molecule has 0 bridgehead atoms. The van der Waals surface area contributed by atoms with Crippen LogP contribution in [-0.4, -0.2) is 24.5 Å². The van der Waals surface area contributed by atoms with Crippen LogP contribution in [0.3, 0.4) is 0 Å². The van der Waals surface area contributed by atoms with E-state index < -0.39 is 12.1 Å². The van der Waals surface area contributed by atoms with E-state index in [2.05, 4.69) is 5.32 Å². The first-order chi connectivity index (χ1) is 9.45. The summed E-state index contributed by atoms with van der Waals surface area (Å²) in [6, 6.07) is 4.51. The molecule has 6 nitrogen and oxygen atoms in total. The summed E-state index contributed by atoms with van der Waals surface area (Å²) in [5.41, 5.74) is 12.1. The van der Waals surface area contributed by atoms with E-state index in [0.717, 1.165) is 12.8 Å². The van der Waals surface area contributed by atoms with Crippen LogP contribution in [0.5, 0.6) is 0 Å². The molecule has 1 atom stereocenters. The largest absolute Gasteiger partial charge is 0.449 e. The molecule has 1 aromatic carbocycles. The second-order valence-electron chi connectivity index (χ2n) is 4.54. The Hall–Kier alpha value is -2.24. The summed E-state index contributed by atoms with van der Waals surface area (Å²) in [6.45, 7) is 4.12. The van der Waals surface area contributed by atoms with Crippen molar-refractivity contribution in [3.8, 4) is 0 Å². The van der Waals surface area contributed by atoms with Crippen LogP contribution in [0.15, 0.2) is 18.2 Å². The predicted molar refractivity (Wildman–Crippen MR) is 78.1 cm³/mol. The van der Waals surface area contributed by atoms with Crippen molar-refractivity contribution in [1.29, 1.82) is 0 Å². The fraction of sp³-hybridized carbons (Fsp3) is 0.429. The molecule has 0 saturated heterocycles. The maximum absolute atomic E-state index is 11.9. The quantitative estimate of drug-likeness (QED) is 0.413. The minimum Gasteiger partial charge on any atom is -0.449 e. The third-order valence-electron chi connectivity index (χ3n) is 2.78. The zero-order valence-corrected chi connectivity index (χ0v) is 11.8. The molecule has 110 valence electrons. The van der Waals surface area contributed by atoms with Crippen molar-refractivity contribution >= 4 is 23.3 Å². The first kappa shape index (κ1) is 15.8.